The molecule has 0 saturated carbocycles. The van der Waals surface area contributed by atoms with Crippen LogP contribution < -0.4 is 5.32 Å². The van der Waals surface area contributed by atoms with Crippen molar-refractivity contribution in [2.75, 3.05) is 14.2 Å². The number of methoxy groups -OCH3 is 2. The Morgan fingerprint density at radius 1 is 1.39 bits per heavy atom. The number of carbonyl (C=O) groups excluding carboxylic acids is 1. The van der Waals surface area contributed by atoms with Gasteiger partial charge in [0.15, 0.2) is 6.29 Å². The molecular formula is C12H15BrFNO3. The Kier molecular flexibility index (Phi) is 5.71. The standard InChI is InChI=1S/C12H15BrFNO3/c1-7(12(17-2)18-3)15-11(16)9-6-8(13)4-5-10(9)14/h4-7,12H,1-3H3,(H,15,16). The summed E-state index contributed by atoms with van der Waals surface area (Å²) in [5, 5.41) is 2.62. The minimum absolute atomic E-state index is 0.0258. The number of halogens is 2. The van der Waals surface area contributed by atoms with E-state index >= 15 is 0 Å². The number of benzene rings is 1. The van der Waals surface area contributed by atoms with Gasteiger partial charge in [-0.15, -0.1) is 0 Å². The van der Waals surface area contributed by atoms with Crippen LogP contribution in [0.2, 0.25) is 0 Å². The summed E-state index contributed by atoms with van der Waals surface area (Å²) in [5.41, 5.74) is -0.0258. The van der Waals surface area contributed by atoms with Crippen molar-refractivity contribution < 1.29 is 18.7 Å². The van der Waals surface area contributed by atoms with Crippen LogP contribution >= 0.6 is 15.9 Å². The Morgan fingerprint density at radius 3 is 2.56 bits per heavy atom. The predicted molar refractivity (Wildman–Crippen MR) is 68.8 cm³/mol. The van der Waals surface area contributed by atoms with E-state index in [4.69, 9.17) is 9.47 Å². The molecule has 0 radical (unpaired) electrons. The molecule has 4 nitrogen and oxygen atoms in total. The first-order valence-corrected chi connectivity index (χ1v) is 6.10. The van der Waals surface area contributed by atoms with Gasteiger partial charge in [0, 0.05) is 18.7 Å². The average molecular weight is 320 g/mol. The van der Waals surface area contributed by atoms with E-state index in [0.717, 1.165) is 0 Å². The summed E-state index contributed by atoms with van der Waals surface area (Å²) in [5.74, 6) is -1.09. The highest BCUT2D eigenvalue weighted by Gasteiger charge is 2.20. The molecule has 0 aliphatic heterocycles. The lowest BCUT2D eigenvalue weighted by atomic mass is 10.2. The highest BCUT2D eigenvalue weighted by molar-refractivity contribution is 9.10. The molecule has 0 fully saturated rings. The molecule has 0 aliphatic carbocycles. The molecule has 0 heterocycles. The quantitative estimate of drug-likeness (QED) is 0.847. The number of rotatable bonds is 5. The van der Waals surface area contributed by atoms with E-state index in [2.05, 4.69) is 21.2 Å². The number of carbonyl (C=O) groups is 1. The summed E-state index contributed by atoms with van der Waals surface area (Å²) >= 11 is 3.19. The van der Waals surface area contributed by atoms with Crippen LogP contribution in [0.15, 0.2) is 22.7 Å². The maximum Gasteiger partial charge on any atom is 0.254 e. The average Bonchev–Trinajstić information content (AvgIpc) is 2.33. The van der Waals surface area contributed by atoms with Gasteiger partial charge in [-0.25, -0.2) is 4.39 Å². The van der Waals surface area contributed by atoms with Crippen LogP contribution in [0, 0.1) is 5.82 Å². The van der Waals surface area contributed by atoms with Gasteiger partial charge in [0.05, 0.1) is 11.6 Å². The number of ether oxygens (including phenoxy) is 2. The van der Waals surface area contributed by atoms with Crippen molar-refractivity contribution in [2.45, 2.75) is 19.3 Å². The molecule has 6 heteroatoms. The van der Waals surface area contributed by atoms with Crippen molar-refractivity contribution in [1.82, 2.24) is 5.32 Å². The molecule has 0 saturated heterocycles. The fourth-order valence-corrected chi connectivity index (χ4v) is 1.89. The second kappa shape index (κ2) is 6.82. The smallest absolute Gasteiger partial charge is 0.254 e. The van der Waals surface area contributed by atoms with Crippen LogP contribution in [0.5, 0.6) is 0 Å². The third-order valence-electron chi connectivity index (χ3n) is 2.40. The van der Waals surface area contributed by atoms with Crippen LogP contribution in [-0.2, 0) is 9.47 Å². The molecule has 1 atom stereocenters. The zero-order valence-electron chi connectivity index (χ0n) is 10.4. The summed E-state index contributed by atoms with van der Waals surface area (Å²) in [7, 11) is 2.94. The summed E-state index contributed by atoms with van der Waals surface area (Å²) in [4.78, 5) is 11.9. The summed E-state index contributed by atoms with van der Waals surface area (Å²) in [6, 6.07) is 3.79. The van der Waals surface area contributed by atoms with Gasteiger partial charge in [0.2, 0.25) is 0 Å². The number of hydrogen-bond acceptors (Lipinski definition) is 3. The number of hydrogen-bond donors (Lipinski definition) is 1. The molecule has 1 N–H and O–H groups in total. The maximum atomic E-state index is 13.5. The van der Waals surface area contributed by atoms with Crippen molar-refractivity contribution in [2.24, 2.45) is 0 Å². The van der Waals surface area contributed by atoms with E-state index in [0.29, 0.717) is 4.47 Å². The number of amides is 1. The highest BCUT2D eigenvalue weighted by atomic mass is 79.9. The normalized spacial score (nSPS) is 12.6. The molecule has 0 spiro atoms. The van der Waals surface area contributed by atoms with E-state index < -0.39 is 24.1 Å². The van der Waals surface area contributed by atoms with Gasteiger partial charge >= 0.3 is 0 Å². The van der Waals surface area contributed by atoms with Crippen LogP contribution in [0.1, 0.15) is 17.3 Å². The third kappa shape index (κ3) is 3.76. The molecular weight excluding hydrogens is 305 g/mol. The van der Waals surface area contributed by atoms with Gasteiger partial charge in [-0.2, -0.15) is 0 Å². The Labute approximate surface area is 114 Å². The first kappa shape index (κ1) is 15.1. The molecule has 18 heavy (non-hydrogen) atoms. The van der Waals surface area contributed by atoms with Crippen molar-refractivity contribution in [3.05, 3.63) is 34.1 Å². The van der Waals surface area contributed by atoms with Crippen LogP contribution in [-0.4, -0.2) is 32.5 Å². The van der Waals surface area contributed by atoms with Gasteiger partial charge in [-0.05, 0) is 25.1 Å². The molecule has 0 bridgehead atoms. The summed E-state index contributed by atoms with van der Waals surface area (Å²) in [6.07, 6.45) is -0.579. The van der Waals surface area contributed by atoms with Crippen LogP contribution in [0.25, 0.3) is 0 Å². The molecule has 1 aromatic rings. The van der Waals surface area contributed by atoms with Gasteiger partial charge in [0.25, 0.3) is 5.91 Å². The van der Waals surface area contributed by atoms with E-state index in [1.807, 2.05) is 0 Å². The fourth-order valence-electron chi connectivity index (χ4n) is 1.53. The predicted octanol–water partition coefficient (Wildman–Crippen LogP) is 2.33. The molecule has 1 amide bonds. The largest absolute Gasteiger partial charge is 0.354 e. The van der Waals surface area contributed by atoms with E-state index in [1.54, 1.807) is 6.92 Å². The van der Waals surface area contributed by atoms with Gasteiger partial charge in [-0.1, -0.05) is 15.9 Å². The molecule has 1 unspecified atom stereocenters. The molecule has 1 aromatic carbocycles. The van der Waals surface area contributed by atoms with Crippen molar-refractivity contribution in [1.29, 1.82) is 0 Å². The number of nitrogens with one attached hydrogen (secondary N) is 1. The monoisotopic (exact) mass is 319 g/mol. The van der Waals surface area contributed by atoms with Gasteiger partial charge in [-0.3, -0.25) is 4.79 Å². The van der Waals surface area contributed by atoms with Gasteiger partial charge < -0.3 is 14.8 Å². The SMILES string of the molecule is COC(OC)C(C)NC(=O)c1cc(Br)ccc1F. The molecule has 0 aliphatic rings. The van der Waals surface area contributed by atoms with E-state index in [9.17, 15) is 9.18 Å². The Hall–Kier alpha value is -0.980. The first-order chi connectivity index (χ1) is 8.49. The van der Waals surface area contributed by atoms with E-state index in [-0.39, 0.29) is 5.56 Å². The van der Waals surface area contributed by atoms with Gasteiger partial charge in [0.1, 0.15) is 5.82 Å². The zero-order chi connectivity index (χ0) is 13.7. The molecule has 0 aromatic heterocycles. The summed E-state index contributed by atoms with van der Waals surface area (Å²) in [6.45, 7) is 1.71. The molecule has 1 rings (SSSR count). The minimum Gasteiger partial charge on any atom is -0.354 e. The van der Waals surface area contributed by atoms with E-state index in [1.165, 1.54) is 32.4 Å². The maximum absolute atomic E-state index is 13.5. The van der Waals surface area contributed by atoms with Crippen molar-refractivity contribution >= 4 is 21.8 Å². The highest BCUT2D eigenvalue weighted by Crippen LogP contribution is 2.15. The third-order valence-corrected chi connectivity index (χ3v) is 2.90. The lowest BCUT2D eigenvalue weighted by Crippen LogP contribution is -2.43. The van der Waals surface area contributed by atoms with Crippen molar-refractivity contribution in [3.8, 4) is 0 Å². The summed E-state index contributed by atoms with van der Waals surface area (Å²) < 4.78 is 24.2. The zero-order valence-corrected chi connectivity index (χ0v) is 12.0. The topological polar surface area (TPSA) is 47.6 Å². The fraction of sp³-hybridized carbons (Fsp3) is 0.417. The lowest BCUT2D eigenvalue weighted by molar-refractivity contribution is -0.117. The Balaban J connectivity index is 2.79. The second-order valence-electron chi connectivity index (χ2n) is 3.73. The first-order valence-electron chi connectivity index (χ1n) is 5.31. The van der Waals surface area contributed by atoms with Crippen LogP contribution in [0.4, 0.5) is 4.39 Å². The Bertz CT molecular complexity index is 424. The van der Waals surface area contributed by atoms with Crippen LogP contribution in [0.3, 0.4) is 0 Å². The minimum atomic E-state index is -0.579. The Morgan fingerprint density at radius 2 is 2.00 bits per heavy atom. The lowest BCUT2D eigenvalue weighted by Gasteiger charge is -2.22. The second-order valence-corrected chi connectivity index (χ2v) is 4.64. The van der Waals surface area contributed by atoms with Crippen molar-refractivity contribution in [3.63, 3.8) is 0 Å². The molecule has 100 valence electrons.